The summed E-state index contributed by atoms with van der Waals surface area (Å²) in [5.41, 5.74) is 1.65. The Bertz CT molecular complexity index is 653. The zero-order valence-electron chi connectivity index (χ0n) is 12.8. The molecule has 0 radical (unpaired) electrons. The fraction of sp³-hybridized carbons (Fsp3) is 0.278. The van der Waals surface area contributed by atoms with E-state index < -0.39 is 11.6 Å². The number of anilines is 1. The van der Waals surface area contributed by atoms with Gasteiger partial charge in [0.25, 0.3) is 5.91 Å². The van der Waals surface area contributed by atoms with Crippen LogP contribution in [0, 0.1) is 18.6 Å². The Labute approximate surface area is 129 Å². The molecular formula is C18H19F2NO. The molecule has 2 rings (SSSR count). The molecule has 0 aliphatic rings. The third kappa shape index (κ3) is 3.70. The second kappa shape index (κ2) is 7.16. The molecule has 0 saturated heterocycles. The number of amides is 1. The number of aryl methyl sites for hydroxylation is 1. The lowest BCUT2D eigenvalue weighted by Crippen LogP contribution is -2.32. The maximum Gasteiger partial charge on any atom is 0.258 e. The third-order valence-corrected chi connectivity index (χ3v) is 3.48. The molecule has 2 nitrogen and oxygen atoms in total. The average molecular weight is 303 g/mol. The van der Waals surface area contributed by atoms with Gasteiger partial charge in [0.15, 0.2) is 0 Å². The SMILES string of the molecule is CCCCN(C(=O)c1ccc(C)cc1)c1ccc(F)cc1F. The second-order valence-electron chi connectivity index (χ2n) is 5.27. The number of rotatable bonds is 5. The largest absolute Gasteiger partial charge is 0.306 e. The van der Waals surface area contributed by atoms with E-state index in [-0.39, 0.29) is 11.6 Å². The molecule has 2 aromatic carbocycles. The minimum Gasteiger partial charge on any atom is -0.306 e. The van der Waals surface area contributed by atoms with E-state index in [0.29, 0.717) is 12.1 Å². The van der Waals surface area contributed by atoms with Gasteiger partial charge in [-0.05, 0) is 37.6 Å². The fourth-order valence-electron chi connectivity index (χ4n) is 2.20. The Balaban J connectivity index is 2.36. The van der Waals surface area contributed by atoms with E-state index in [2.05, 4.69) is 0 Å². The molecule has 4 heteroatoms. The van der Waals surface area contributed by atoms with Crippen molar-refractivity contribution >= 4 is 11.6 Å². The minimum atomic E-state index is -0.725. The van der Waals surface area contributed by atoms with E-state index >= 15 is 0 Å². The van der Waals surface area contributed by atoms with Crippen LogP contribution in [0.3, 0.4) is 0 Å². The summed E-state index contributed by atoms with van der Waals surface area (Å²) in [7, 11) is 0. The molecule has 1 amide bonds. The quantitative estimate of drug-likeness (QED) is 0.782. The van der Waals surface area contributed by atoms with Crippen molar-refractivity contribution in [3.05, 3.63) is 65.2 Å². The standard InChI is InChI=1S/C18H19F2NO/c1-3-4-11-21(17-10-9-15(19)12-16(17)20)18(22)14-7-5-13(2)6-8-14/h5-10,12H,3-4,11H2,1-2H3. The molecule has 22 heavy (non-hydrogen) atoms. The summed E-state index contributed by atoms with van der Waals surface area (Å²) in [5, 5.41) is 0. The van der Waals surface area contributed by atoms with E-state index in [1.807, 2.05) is 26.0 Å². The number of hydrogen-bond donors (Lipinski definition) is 0. The van der Waals surface area contributed by atoms with Gasteiger partial charge in [0.1, 0.15) is 11.6 Å². The summed E-state index contributed by atoms with van der Waals surface area (Å²) in [6, 6.07) is 10.4. The molecule has 2 aromatic rings. The zero-order chi connectivity index (χ0) is 16.1. The number of unbranched alkanes of at least 4 members (excludes halogenated alkanes) is 1. The Kier molecular flexibility index (Phi) is 5.26. The number of carbonyl (C=O) groups excluding carboxylic acids is 1. The highest BCUT2D eigenvalue weighted by Crippen LogP contribution is 2.23. The lowest BCUT2D eigenvalue weighted by atomic mass is 10.1. The van der Waals surface area contributed by atoms with E-state index in [1.165, 1.54) is 17.0 Å². The normalized spacial score (nSPS) is 10.5. The van der Waals surface area contributed by atoms with Gasteiger partial charge < -0.3 is 4.90 Å². The van der Waals surface area contributed by atoms with Crippen LogP contribution in [0.15, 0.2) is 42.5 Å². The summed E-state index contributed by atoms with van der Waals surface area (Å²) in [4.78, 5) is 14.0. The van der Waals surface area contributed by atoms with Gasteiger partial charge in [-0.3, -0.25) is 4.79 Å². The molecule has 0 unspecified atom stereocenters. The molecule has 0 N–H and O–H groups in total. The van der Waals surface area contributed by atoms with E-state index in [9.17, 15) is 13.6 Å². The molecule has 0 aliphatic carbocycles. The van der Waals surface area contributed by atoms with Gasteiger partial charge >= 0.3 is 0 Å². The highest BCUT2D eigenvalue weighted by Gasteiger charge is 2.20. The Morgan fingerprint density at radius 3 is 2.36 bits per heavy atom. The van der Waals surface area contributed by atoms with Gasteiger partial charge in [-0.15, -0.1) is 0 Å². The molecule has 0 atom stereocenters. The highest BCUT2D eigenvalue weighted by atomic mass is 19.1. The Hall–Kier alpha value is -2.23. The van der Waals surface area contributed by atoms with E-state index in [4.69, 9.17) is 0 Å². The van der Waals surface area contributed by atoms with Crippen LogP contribution in [0.2, 0.25) is 0 Å². The van der Waals surface area contributed by atoms with Crippen molar-refractivity contribution in [1.82, 2.24) is 0 Å². The Morgan fingerprint density at radius 2 is 1.77 bits per heavy atom. The number of hydrogen-bond acceptors (Lipinski definition) is 1. The average Bonchev–Trinajstić information content (AvgIpc) is 2.49. The van der Waals surface area contributed by atoms with E-state index in [1.54, 1.807) is 12.1 Å². The third-order valence-electron chi connectivity index (χ3n) is 3.48. The molecule has 0 aromatic heterocycles. The summed E-state index contributed by atoms with van der Waals surface area (Å²) in [6.45, 7) is 4.32. The first-order valence-corrected chi connectivity index (χ1v) is 7.36. The number of halogens is 2. The number of benzene rings is 2. The smallest absolute Gasteiger partial charge is 0.258 e. The van der Waals surface area contributed by atoms with Gasteiger partial charge in [0.2, 0.25) is 0 Å². The summed E-state index contributed by atoms with van der Waals surface area (Å²) in [6.07, 6.45) is 1.62. The van der Waals surface area contributed by atoms with Gasteiger partial charge in [-0.2, -0.15) is 0 Å². The molecule has 0 heterocycles. The van der Waals surface area contributed by atoms with Crippen molar-refractivity contribution in [3.63, 3.8) is 0 Å². The van der Waals surface area contributed by atoms with Crippen molar-refractivity contribution < 1.29 is 13.6 Å². The minimum absolute atomic E-state index is 0.112. The van der Waals surface area contributed by atoms with Gasteiger partial charge in [-0.25, -0.2) is 8.78 Å². The van der Waals surface area contributed by atoms with Crippen LogP contribution in [0.4, 0.5) is 14.5 Å². The highest BCUT2D eigenvalue weighted by molar-refractivity contribution is 6.06. The maximum atomic E-state index is 14.0. The molecule has 0 spiro atoms. The molecule has 0 bridgehead atoms. The van der Waals surface area contributed by atoms with Crippen LogP contribution >= 0.6 is 0 Å². The van der Waals surface area contributed by atoms with Crippen LogP contribution in [0.5, 0.6) is 0 Å². The van der Waals surface area contributed by atoms with Gasteiger partial charge in [-0.1, -0.05) is 31.0 Å². The zero-order valence-corrected chi connectivity index (χ0v) is 12.8. The number of carbonyl (C=O) groups is 1. The lowest BCUT2D eigenvalue weighted by Gasteiger charge is -2.23. The van der Waals surface area contributed by atoms with Crippen LogP contribution < -0.4 is 4.90 Å². The van der Waals surface area contributed by atoms with Crippen LogP contribution in [0.25, 0.3) is 0 Å². The van der Waals surface area contributed by atoms with Crippen molar-refractivity contribution in [2.45, 2.75) is 26.7 Å². The first-order chi connectivity index (χ1) is 10.5. The van der Waals surface area contributed by atoms with Crippen molar-refractivity contribution in [2.75, 3.05) is 11.4 Å². The predicted octanol–water partition coefficient (Wildman–Crippen LogP) is 4.72. The van der Waals surface area contributed by atoms with Crippen LogP contribution in [-0.4, -0.2) is 12.5 Å². The molecular weight excluding hydrogens is 284 g/mol. The second-order valence-corrected chi connectivity index (χ2v) is 5.27. The van der Waals surface area contributed by atoms with E-state index in [0.717, 1.165) is 24.5 Å². The van der Waals surface area contributed by atoms with Gasteiger partial charge in [0, 0.05) is 18.2 Å². The summed E-state index contributed by atoms with van der Waals surface area (Å²) < 4.78 is 27.1. The van der Waals surface area contributed by atoms with Crippen molar-refractivity contribution in [1.29, 1.82) is 0 Å². The van der Waals surface area contributed by atoms with Gasteiger partial charge in [0.05, 0.1) is 5.69 Å². The lowest BCUT2D eigenvalue weighted by molar-refractivity contribution is 0.0985. The molecule has 0 fully saturated rings. The van der Waals surface area contributed by atoms with Crippen LogP contribution in [0.1, 0.15) is 35.7 Å². The predicted molar refractivity (Wildman–Crippen MR) is 84.1 cm³/mol. The summed E-state index contributed by atoms with van der Waals surface area (Å²) >= 11 is 0. The molecule has 0 saturated carbocycles. The van der Waals surface area contributed by atoms with Crippen LogP contribution in [-0.2, 0) is 0 Å². The van der Waals surface area contributed by atoms with Crippen molar-refractivity contribution in [3.8, 4) is 0 Å². The topological polar surface area (TPSA) is 20.3 Å². The fourth-order valence-corrected chi connectivity index (χ4v) is 2.20. The first-order valence-electron chi connectivity index (χ1n) is 7.36. The first kappa shape index (κ1) is 16.1. The molecule has 0 aliphatic heterocycles. The summed E-state index contributed by atoms with van der Waals surface area (Å²) in [5.74, 6) is -1.66. The van der Waals surface area contributed by atoms with Crippen molar-refractivity contribution in [2.24, 2.45) is 0 Å². The monoisotopic (exact) mass is 303 g/mol. The Morgan fingerprint density at radius 1 is 1.09 bits per heavy atom. The molecule has 116 valence electrons. The number of nitrogens with zero attached hydrogens (tertiary/aromatic N) is 1. The maximum absolute atomic E-state index is 14.0.